The predicted molar refractivity (Wildman–Crippen MR) is 128 cm³/mol. The van der Waals surface area contributed by atoms with Gasteiger partial charge in [-0.3, -0.25) is 19.5 Å². The molecule has 0 radical (unpaired) electrons. The molecule has 0 unspecified atom stereocenters. The minimum absolute atomic E-state index is 0.0183. The first-order valence-corrected chi connectivity index (χ1v) is 11.9. The van der Waals surface area contributed by atoms with Gasteiger partial charge in [-0.25, -0.2) is 4.98 Å². The molecule has 0 atom stereocenters. The van der Waals surface area contributed by atoms with E-state index in [4.69, 9.17) is 4.52 Å². The van der Waals surface area contributed by atoms with Gasteiger partial charge in [-0.05, 0) is 44.1 Å². The zero-order valence-electron chi connectivity index (χ0n) is 19.1. The van der Waals surface area contributed by atoms with Crippen molar-refractivity contribution in [1.82, 2.24) is 19.9 Å². The van der Waals surface area contributed by atoms with E-state index in [0.717, 1.165) is 23.0 Å². The zero-order chi connectivity index (χ0) is 23.4. The van der Waals surface area contributed by atoms with Crippen LogP contribution in [0.4, 0.5) is 5.82 Å². The molecule has 4 heterocycles. The number of hydrogen-bond donors (Lipinski definition) is 1. The quantitative estimate of drug-likeness (QED) is 0.623. The number of aliphatic imine (C=N–C) groups is 1. The summed E-state index contributed by atoms with van der Waals surface area (Å²) in [6, 6.07) is 5.32. The lowest BCUT2D eigenvalue weighted by Gasteiger charge is -2.34. The van der Waals surface area contributed by atoms with Crippen molar-refractivity contribution in [3.8, 4) is 0 Å². The van der Waals surface area contributed by atoms with E-state index in [1.807, 2.05) is 22.8 Å². The molecule has 2 amide bonds. The second-order valence-electron chi connectivity index (χ2n) is 8.24. The molecule has 33 heavy (non-hydrogen) atoms. The van der Waals surface area contributed by atoms with Crippen LogP contribution in [0, 0.1) is 6.92 Å². The maximum atomic E-state index is 13.2. The van der Waals surface area contributed by atoms with Gasteiger partial charge in [0, 0.05) is 49.9 Å². The molecule has 0 spiro atoms. The highest BCUT2D eigenvalue weighted by Gasteiger charge is 2.26. The molecule has 174 valence electrons. The van der Waals surface area contributed by atoms with Gasteiger partial charge in [0.15, 0.2) is 5.82 Å². The van der Waals surface area contributed by atoms with Gasteiger partial charge >= 0.3 is 0 Å². The number of piperazine rings is 1. The number of carbonyl (C=O) groups is 2. The van der Waals surface area contributed by atoms with Crippen LogP contribution >= 0.6 is 11.8 Å². The molecule has 2 aliphatic heterocycles. The number of aryl methyl sites for hydroxylation is 1. The Labute approximate surface area is 197 Å². The van der Waals surface area contributed by atoms with E-state index in [9.17, 15) is 9.59 Å². The number of thioether (sulfide) groups is 1. The van der Waals surface area contributed by atoms with E-state index >= 15 is 0 Å². The first-order chi connectivity index (χ1) is 15.9. The van der Waals surface area contributed by atoms with Crippen LogP contribution in [0.25, 0.3) is 0 Å². The van der Waals surface area contributed by atoms with Crippen LogP contribution in [-0.4, -0.2) is 82.5 Å². The number of nitrogens with one attached hydrogen (secondary N) is 1. The van der Waals surface area contributed by atoms with Gasteiger partial charge < -0.3 is 14.7 Å². The van der Waals surface area contributed by atoms with Crippen molar-refractivity contribution in [3.63, 3.8) is 0 Å². The molecule has 0 saturated carbocycles. The Morgan fingerprint density at radius 1 is 1.18 bits per heavy atom. The molecular formula is C23H28N6O3S. The fraction of sp³-hybridized carbons (Fsp3) is 0.435. The predicted octanol–water partition coefficient (Wildman–Crippen LogP) is 2.66. The highest BCUT2D eigenvalue weighted by atomic mass is 32.2. The third-order valence-corrected chi connectivity index (χ3v) is 6.81. The first-order valence-electron chi connectivity index (χ1n) is 10.9. The van der Waals surface area contributed by atoms with Crippen molar-refractivity contribution < 1.29 is 14.1 Å². The van der Waals surface area contributed by atoms with Crippen LogP contribution in [0.5, 0.6) is 0 Å². The molecule has 1 saturated heterocycles. The molecule has 2 aliphatic rings. The van der Waals surface area contributed by atoms with Crippen LogP contribution in [0.2, 0.25) is 0 Å². The highest BCUT2D eigenvalue weighted by molar-refractivity contribution is 7.99. The largest absolute Gasteiger partial charge is 0.360 e. The summed E-state index contributed by atoms with van der Waals surface area (Å²) in [7, 11) is 0. The van der Waals surface area contributed by atoms with Crippen LogP contribution in [0.15, 0.2) is 50.1 Å². The standard InChI is InChI=1S/C23H28N6O3S/c1-15-12-25-17(3)19(15)14-33-22-18(5-4-6-24-22)23(31)29-9-7-28(8-10-29)13-21(30)26-20-11-16(2)32-27-20/h4-6,11H,7-10,12-14H2,1-3H3,(H,26,27,30). The summed E-state index contributed by atoms with van der Waals surface area (Å²) in [4.78, 5) is 38.3. The number of nitrogens with zero attached hydrogens (tertiary/aromatic N) is 5. The van der Waals surface area contributed by atoms with Gasteiger partial charge in [-0.2, -0.15) is 0 Å². The molecule has 0 aromatic carbocycles. The van der Waals surface area contributed by atoms with E-state index in [-0.39, 0.29) is 18.4 Å². The molecular weight excluding hydrogens is 440 g/mol. The maximum Gasteiger partial charge on any atom is 0.256 e. The van der Waals surface area contributed by atoms with Crippen molar-refractivity contribution in [3.05, 3.63) is 46.9 Å². The second kappa shape index (κ2) is 10.3. The topological polar surface area (TPSA) is 104 Å². The molecule has 2 aromatic heterocycles. The fourth-order valence-electron chi connectivity index (χ4n) is 3.86. The minimum atomic E-state index is -0.149. The molecule has 0 bridgehead atoms. The molecule has 4 rings (SSSR count). The van der Waals surface area contributed by atoms with E-state index < -0.39 is 0 Å². The van der Waals surface area contributed by atoms with Gasteiger partial charge in [-0.1, -0.05) is 5.16 Å². The van der Waals surface area contributed by atoms with E-state index in [1.54, 1.807) is 37.0 Å². The first kappa shape index (κ1) is 23.2. The Kier molecular flexibility index (Phi) is 7.24. The number of hydrogen-bond acceptors (Lipinski definition) is 8. The third-order valence-electron chi connectivity index (χ3n) is 5.78. The Morgan fingerprint density at radius 2 is 1.97 bits per heavy atom. The lowest BCUT2D eigenvalue weighted by atomic mass is 10.1. The average molecular weight is 469 g/mol. The van der Waals surface area contributed by atoms with Gasteiger partial charge in [0.25, 0.3) is 5.91 Å². The van der Waals surface area contributed by atoms with Crippen molar-refractivity contribution in [2.75, 3.05) is 50.3 Å². The zero-order valence-corrected chi connectivity index (χ0v) is 19.9. The molecule has 10 heteroatoms. The number of anilines is 1. The second-order valence-corrected chi connectivity index (χ2v) is 9.21. The van der Waals surface area contributed by atoms with Crippen molar-refractivity contribution >= 4 is 35.1 Å². The number of aromatic nitrogens is 2. The Balaban J connectivity index is 1.31. The maximum absolute atomic E-state index is 13.2. The molecule has 9 nitrogen and oxygen atoms in total. The van der Waals surface area contributed by atoms with Crippen molar-refractivity contribution in [2.45, 2.75) is 25.8 Å². The van der Waals surface area contributed by atoms with Crippen LogP contribution in [0.1, 0.15) is 30.0 Å². The number of pyridine rings is 1. The van der Waals surface area contributed by atoms with Crippen LogP contribution < -0.4 is 5.32 Å². The normalized spacial score (nSPS) is 16.8. The summed E-state index contributed by atoms with van der Waals surface area (Å²) < 4.78 is 4.97. The Hall–Kier alpha value is -2.98. The fourth-order valence-corrected chi connectivity index (χ4v) is 5.05. The molecule has 1 fully saturated rings. The van der Waals surface area contributed by atoms with Gasteiger partial charge in [-0.15, -0.1) is 11.8 Å². The van der Waals surface area contributed by atoms with Gasteiger partial charge in [0.2, 0.25) is 5.91 Å². The van der Waals surface area contributed by atoms with E-state index in [2.05, 4.69) is 27.4 Å². The average Bonchev–Trinajstić information content (AvgIpc) is 3.36. The van der Waals surface area contributed by atoms with Gasteiger partial charge in [0.05, 0.1) is 18.7 Å². The molecule has 1 N–H and O–H groups in total. The summed E-state index contributed by atoms with van der Waals surface area (Å²) in [6.45, 7) is 9.29. The smallest absolute Gasteiger partial charge is 0.256 e. The summed E-state index contributed by atoms with van der Waals surface area (Å²) in [6.07, 6.45) is 1.73. The van der Waals surface area contributed by atoms with Crippen LogP contribution in [0.3, 0.4) is 0 Å². The number of amides is 2. The Morgan fingerprint density at radius 3 is 2.64 bits per heavy atom. The third kappa shape index (κ3) is 5.69. The highest BCUT2D eigenvalue weighted by Crippen LogP contribution is 2.27. The molecule has 0 aliphatic carbocycles. The lowest BCUT2D eigenvalue weighted by Crippen LogP contribution is -2.50. The van der Waals surface area contributed by atoms with E-state index in [0.29, 0.717) is 43.3 Å². The Bertz CT molecular complexity index is 1100. The van der Waals surface area contributed by atoms with Crippen LogP contribution in [-0.2, 0) is 4.79 Å². The minimum Gasteiger partial charge on any atom is -0.360 e. The number of rotatable bonds is 7. The van der Waals surface area contributed by atoms with Crippen molar-refractivity contribution in [2.24, 2.45) is 4.99 Å². The van der Waals surface area contributed by atoms with E-state index in [1.165, 1.54) is 11.1 Å². The SMILES string of the molecule is CC1=NCC(C)=C1CSc1ncccc1C(=O)N1CCN(CC(=O)Nc2cc(C)on2)CC1. The lowest BCUT2D eigenvalue weighted by molar-refractivity contribution is -0.117. The monoisotopic (exact) mass is 468 g/mol. The van der Waals surface area contributed by atoms with Gasteiger partial charge in [0.1, 0.15) is 10.8 Å². The summed E-state index contributed by atoms with van der Waals surface area (Å²) >= 11 is 1.58. The summed E-state index contributed by atoms with van der Waals surface area (Å²) in [5.74, 6) is 1.65. The molecule has 2 aromatic rings. The summed E-state index contributed by atoms with van der Waals surface area (Å²) in [5, 5.41) is 7.25. The summed E-state index contributed by atoms with van der Waals surface area (Å²) in [5.41, 5.74) is 4.22. The number of carbonyl (C=O) groups excluding carboxylic acids is 2. The van der Waals surface area contributed by atoms with Crippen molar-refractivity contribution in [1.29, 1.82) is 0 Å².